The summed E-state index contributed by atoms with van der Waals surface area (Å²) in [4.78, 5) is 9.57. The topological polar surface area (TPSA) is 26.3 Å². The lowest BCUT2D eigenvalue weighted by Gasteiger charge is -1.95. The summed E-state index contributed by atoms with van der Waals surface area (Å²) in [7, 11) is 0. The van der Waals surface area contributed by atoms with Crippen molar-refractivity contribution in [2.45, 2.75) is 11.8 Å². The molecule has 0 saturated carbocycles. The van der Waals surface area contributed by atoms with E-state index < -0.39 is 0 Å². The molecule has 0 heterocycles. The molecule has 1 atom stereocenters. The number of ether oxygens (including phenoxy) is 1. The van der Waals surface area contributed by atoms with Gasteiger partial charge in [0.15, 0.2) is 0 Å². The Bertz CT molecular complexity index is 53.7. The second kappa shape index (κ2) is 4.12. The SMILES string of the molecule is CC(Br)CO[C]=O. The molecule has 2 nitrogen and oxygen atoms in total. The van der Waals surface area contributed by atoms with Gasteiger partial charge in [-0.05, 0) is 6.92 Å². The fraction of sp³-hybridized carbons (Fsp3) is 0.750. The van der Waals surface area contributed by atoms with Crippen molar-refractivity contribution < 1.29 is 9.53 Å². The average Bonchev–Trinajstić information content (AvgIpc) is 1.61. The number of hydrogen-bond acceptors (Lipinski definition) is 2. The summed E-state index contributed by atoms with van der Waals surface area (Å²) in [6.45, 7) is 3.60. The highest BCUT2D eigenvalue weighted by molar-refractivity contribution is 9.09. The zero-order valence-electron chi connectivity index (χ0n) is 3.98. The van der Waals surface area contributed by atoms with Crippen LogP contribution in [0, 0.1) is 0 Å². The zero-order chi connectivity index (χ0) is 5.70. The normalized spacial score (nSPS) is 12.9. The van der Waals surface area contributed by atoms with Crippen molar-refractivity contribution in [3.05, 3.63) is 0 Å². The van der Waals surface area contributed by atoms with Gasteiger partial charge in [0.25, 0.3) is 0 Å². The Hall–Kier alpha value is -0.0500. The molecule has 0 aliphatic heterocycles. The van der Waals surface area contributed by atoms with E-state index in [4.69, 9.17) is 0 Å². The molecule has 7 heavy (non-hydrogen) atoms. The monoisotopic (exact) mass is 165 g/mol. The molecule has 3 heteroatoms. The van der Waals surface area contributed by atoms with E-state index in [-0.39, 0.29) is 4.83 Å². The Kier molecular flexibility index (Phi) is 4.09. The maximum absolute atomic E-state index is 9.34. The van der Waals surface area contributed by atoms with Gasteiger partial charge in [-0.2, -0.15) is 0 Å². The minimum absolute atomic E-state index is 0.231. The standard InChI is InChI=1S/C4H6BrO2/c1-4(5)2-7-3-6/h4H,2H2,1H3. The van der Waals surface area contributed by atoms with Gasteiger partial charge >= 0.3 is 6.47 Å². The first-order valence-electron chi connectivity index (χ1n) is 1.90. The summed E-state index contributed by atoms with van der Waals surface area (Å²) in [5.41, 5.74) is 0. The molecular formula is C4H6BrO2. The number of hydrogen-bond donors (Lipinski definition) is 0. The summed E-state index contributed by atoms with van der Waals surface area (Å²) in [5.74, 6) is 0. The van der Waals surface area contributed by atoms with E-state index in [1.54, 1.807) is 0 Å². The Morgan fingerprint density at radius 2 is 2.57 bits per heavy atom. The summed E-state index contributed by atoms with van der Waals surface area (Å²) in [6.07, 6.45) is 0. The number of carbonyl (C=O) groups excluding carboxylic acids is 1. The Morgan fingerprint density at radius 1 is 2.00 bits per heavy atom. The van der Waals surface area contributed by atoms with Crippen LogP contribution in [0.4, 0.5) is 0 Å². The summed E-state index contributed by atoms with van der Waals surface area (Å²) >= 11 is 3.17. The largest absolute Gasteiger partial charge is 0.456 e. The third kappa shape index (κ3) is 5.95. The molecule has 0 spiro atoms. The molecule has 0 aliphatic rings. The van der Waals surface area contributed by atoms with Crippen LogP contribution >= 0.6 is 15.9 Å². The quantitative estimate of drug-likeness (QED) is 0.581. The molecule has 41 valence electrons. The lowest BCUT2D eigenvalue weighted by molar-refractivity contribution is 0.283. The number of halogens is 1. The first-order chi connectivity index (χ1) is 3.27. The Morgan fingerprint density at radius 3 is 2.71 bits per heavy atom. The van der Waals surface area contributed by atoms with Gasteiger partial charge in [0.05, 0.1) is 0 Å². The molecule has 0 aromatic carbocycles. The van der Waals surface area contributed by atoms with Gasteiger partial charge in [-0.25, -0.2) is 4.79 Å². The van der Waals surface area contributed by atoms with Gasteiger partial charge in [-0.3, -0.25) is 0 Å². The summed E-state index contributed by atoms with van der Waals surface area (Å²) in [5, 5.41) is 0. The zero-order valence-corrected chi connectivity index (χ0v) is 5.56. The predicted octanol–water partition coefficient (Wildman–Crippen LogP) is 0.854. The van der Waals surface area contributed by atoms with E-state index in [1.165, 1.54) is 6.47 Å². The van der Waals surface area contributed by atoms with E-state index >= 15 is 0 Å². The van der Waals surface area contributed by atoms with Crippen LogP contribution in [-0.2, 0) is 9.53 Å². The van der Waals surface area contributed by atoms with Crippen LogP contribution in [0.3, 0.4) is 0 Å². The van der Waals surface area contributed by atoms with Crippen molar-refractivity contribution in [3.63, 3.8) is 0 Å². The van der Waals surface area contributed by atoms with Crippen LogP contribution in [0.2, 0.25) is 0 Å². The highest BCUT2D eigenvalue weighted by Crippen LogP contribution is 1.94. The van der Waals surface area contributed by atoms with Crippen LogP contribution in [-0.4, -0.2) is 17.9 Å². The molecule has 0 rings (SSSR count). The molecular weight excluding hydrogens is 160 g/mol. The highest BCUT2D eigenvalue weighted by Gasteiger charge is 1.91. The van der Waals surface area contributed by atoms with Crippen LogP contribution in [0.5, 0.6) is 0 Å². The lowest BCUT2D eigenvalue weighted by atomic mass is 10.5. The van der Waals surface area contributed by atoms with Crippen LogP contribution in [0.15, 0.2) is 0 Å². The van der Waals surface area contributed by atoms with Crippen LogP contribution in [0.1, 0.15) is 6.92 Å². The Balaban J connectivity index is 2.81. The maximum Gasteiger partial charge on any atom is 0.417 e. The van der Waals surface area contributed by atoms with Crippen molar-refractivity contribution in [2.75, 3.05) is 6.61 Å². The van der Waals surface area contributed by atoms with Gasteiger partial charge in [0.2, 0.25) is 0 Å². The van der Waals surface area contributed by atoms with E-state index in [2.05, 4.69) is 20.7 Å². The second-order valence-corrected chi connectivity index (χ2v) is 2.74. The van der Waals surface area contributed by atoms with Crippen LogP contribution in [0.25, 0.3) is 0 Å². The summed E-state index contributed by atoms with van der Waals surface area (Å²) in [6, 6.07) is 0. The van der Waals surface area contributed by atoms with Gasteiger partial charge in [0.1, 0.15) is 6.61 Å². The molecule has 0 amide bonds. The smallest absolute Gasteiger partial charge is 0.417 e. The molecule has 1 radical (unpaired) electrons. The molecule has 0 saturated heterocycles. The Labute approximate surface area is 51.0 Å². The lowest BCUT2D eigenvalue weighted by Crippen LogP contribution is -2.01. The van der Waals surface area contributed by atoms with Crippen molar-refractivity contribution in [2.24, 2.45) is 0 Å². The molecule has 0 aromatic rings. The first kappa shape index (κ1) is 6.95. The van der Waals surface area contributed by atoms with Crippen LogP contribution < -0.4 is 0 Å². The van der Waals surface area contributed by atoms with E-state index in [0.29, 0.717) is 6.61 Å². The molecule has 0 aromatic heterocycles. The summed E-state index contributed by atoms with van der Waals surface area (Å²) < 4.78 is 4.24. The van der Waals surface area contributed by atoms with E-state index in [9.17, 15) is 4.79 Å². The maximum atomic E-state index is 9.34. The van der Waals surface area contributed by atoms with E-state index in [1.807, 2.05) is 6.92 Å². The van der Waals surface area contributed by atoms with Gasteiger partial charge in [-0.1, -0.05) is 15.9 Å². The minimum Gasteiger partial charge on any atom is -0.456 e. The second-order valence-electron chi connectivity index (χ2n) is 1.18. The molecule has 0 N–H and O–H groups in total. The highest BCUT2D eigenvalue weighted by atomic mass is 79.9. The molecule has 0 bridgehead atoms. The van der Waals surface area contributed by atoms with Crippen molar-refractivity contribution in [1.29, 1.82) is 0 Å². The van der Waals surface area contributed by atoms with Crippen molar-refractivity contribution in [3.8, 4) is 0 Å². The third-order valence-corrected chi connectivity index (χ3v) is 0.636. The van der Waals surface area contributed by atoms with Gasteiger partial charge in [-0.15, -0.1) is 0 Å². The van der Waals surface area contributed by atoms with Gasteiger partial charge in [0, 0.05) is 4.83 Å². The minimum atomic E-state index is 0.231. The predicted molar refractivity (Wildman–Crippen MR) is 30.0 cm³/mol. The molecule has 1 unspecified atom stereocenters. The number of rotatable bonds is 3. The molecule has 0 aliphatic carbocycles. The fourth-order valence-corrected chi connectivity index (χ4v) is 0.281. The third-order valence-electron chi connectivity index (χ3n) is 0.372. The van der Waals surface area contributed by atoms with Crippen molar-refractivity contribution in [1.82, 2.24) is 0 Å². The van der Waals surface area contributed by atoms with Gasteiger partial charge < -0.3 is 4.74 Å². The first-order valence-corrected chi connectivity index (χ1v) is 2.82. The van der Waals surface area contributed by atoms with Crippen molar-refractivity contribution >= 4 is 22.4 Å². The average molecular weight is 166 g/mol. The number of alkyl halides is 1. The van der Waals surface area contributed by atoms with E-state index in [0.717, 1.165) is 0 Å². The fourth-order valence-electron chi connectivity index (χ4n) is 0.149. The molecule has 0 fully saturated rings.